The number of rotatable bonds is 9. The number of thiophene rings is 1. The van der Waals surface area contributed by atoms with Crippen molar-refractivity contribution in [3.63, 3.8) is 0 Å². The first-order valence-corrected chi connectivity index (χ1v) is 12.6. The highest BCUT2D eigenvalue weighted by Crippen LogP contribution is 2.32. The van der Waals surface area contributed by atoms with Crippen molar-refractivity contribution in [2.24, 2.45) is 0 Å². The van der Waals surface area contributed by atoms with Gasteiger partial charge in [0.25, 0.3) is 5.91 Å². The molecule has 1 fully saturated rings. The van der Waals surface area contributed by atoms with E-state index in [0.29, 0.717) is 35.4 Å². The van der Waals surface area contributed by atoms with Crippen LogP contribution in [-0.4, -0.2) is 58.5 Å². The Kier molecular flexibility index (Phi) is 7.95. The summed E-state index contributed by atoms with van der Waals surface area (Å²) in [7, 11) is 1.61. The molecule has 3 aromatic rings. The lowest BCUT2D eigenvalue weighted by atomic mass is 10.0. The maximum atomic E-state index is 13.4. The number of unbranched alkanes of at least 4 members (excludes halogenated alkanes) is 1. The predicted molar refractivity (Wildman–Crippen MR) is 130 cm³/mol. The lowest BCUT2D eigenvalue weighted by molar-refractivity contribution is -0.136. The van der Waals surface area contributed by atoms with Crippen molar-refractivity contribution in [3.05, 3.63) is 52.5 Å². The molecule has 1 aromatic carbocycles. The van der Waals surface area contributed by atoms with Gasteiger partial charge in [-0.3, -0.25) is 9.59 Å². The molecule has 34 heavy (non-hydrogen) atoms. The summed E-state index contributed by atoms with van der Waals surface area (Å²) in [6.45, 7) is 3.28. The van der Waals surface area contributed by atoms with Crippen LogP contribution in [0, 0.1) is 0 Å². The molecule has 1 unspecified atom stereocenters. The second-order valence-corrected chi connectivity index (χ2v) is 9.29. The van der Waals surface area contributed by atoms with Crippen LogP contribution in [0.5, 0.6) is 5.75 Å². The third-order valence-corrected chi connectivity index (χ3v) is 6.86. The van der Waals surface area contributed by atoms with Crippen molar-refractivity contribution in [1.82, 2.24) is 19.9 Å². The van der Waals surface area contributed by atoms with Gasteiger partial charge in [-0.1, -0.05) is 36.7 Å². The van der Waals surface area contributed by atoms with E-state index in [1.807, 2.05) is 35.7 Å². The fourth-order valence-electron chi connectivity index (χ4n) is 4.15. The number of amides is 2. The Balaban J connectivity index is 1.51. The second-order valence-electron chi connectivity index (χ2n) is 8.34. The highest BCUT2D eigenvalue weighted by molar-refractivity contribution is 7.12. The molecule has 0 spiro atoms. The number of carbonyl (C=O) groups is 2. The molecule has 180 valence electrons. The largest absolute Gasteiger partial charge is 0.497 e. The molecule has 0 N–H and O–H groups in total. The maximum Gasteiger partial charge on any atom is 0.264 e. The molecule has 2 amide bonds. The Morgan fingerprint density at radius 3 is 2.91 bits per heavy atom. The lowest BCUT2D eigenvalue weighted by Gasteiger charge is -2.35. The van der Waals surface area contributed by atoms with Crippen LogP contribution in [0.4, 0.5) is 0 Å². The van der Waals surface area contributed by atoms with Crippen molar-refractivity contribution in [2.45, 2.75) is 45.1 Å². The van der Waals surface area contributed by atoms with E-state index in [2.05, 4.69) is 17.1 Å². The van der Waals surface area contributed by atoms with Crippen LogP contribution in [0.3, 0.4) is 0 Å². The number of methoxy groups -OCH3 is 1. The number of hydrogen-bond acceptors (Lipinski definition) is 7. The number of aromatic nitrogens is 2. The highest BCUT2D eigenvalue weighted by Gasteiger charge is 2.33. The van der Waals surface area contributed by atoms with E-state index in [-0.39, 0.29) is 24.4 Å². The first-order valence-electron chi connectivity index (χ1n) is 11.7. The lowest BCUT2D eigenvalue weighted by Crippen LogP contribution is -2.46. The summed E-state index contributed by atoms with van der Waals surface area (Å²) in [5.74, 6) is 1.41. The summed E-state index contributed by atoms with van der Waals surface area (Å²) >= 11 is 1.40. The Hall–Kier alpha value is -3.20. The van der Waals surface area contributed by atoms with Crippen LogP contribution in [-0.2, 0) is 4.79 Å². The molecular weight excluding hydrogens is 452 g/mol. The van der Waals surface area contributed by atoms with Crippen LogP contribution in [0.25, 0.3) is 11.4 Å². The first-order chi connectivity index (χ1) is 16.6. The van der Waals surface area contributed by atoms with Crippen molar-refractivity contribution >= 4 is 23.2 Å². The van der Waals surface area contributed by atoms with Gasteiger partial charge in [0.15, 0.2) is 0 Å². The quantitative estimate of drug-likeness (QED) is 0.435. The van der Waals surface area contributed by atoms with Gasteiger partial charge < -0.3 is 19.1 Å². The smallest absolute Gasteiger partial charge is 0.264 e. The van der Waals surface area contributed by atoms with E-state index in [9.17, 15) is 9.59 Å². The van der Waals surface area contributed by atoms with Crippen LogP contribution >= 0.6 is 11.3 Å². The van der Waals surface area contributed by atoms with Crippen molar-refractivity contribution in [2.75, 3.05) is 26.7 Å². The van der Waals surface area contributed by atoms with Gasteiger partial charge in [-0.2, -0.15) is 4.98 Å². The summed E-state index contributed by atoms with van der Waals surface area (Å²) in [6, 6.07) is 10.8. The third-order valence-electron chi connectivity index (χ3n) is 6.00. The molecular formula is C25H30N4O4S. The number of nitrogens with zero attached hydrogens (tertiary/aromatic N) is 4. The van der Waals surface area contributed by atoms with Crippen LogP contribution in [0.1, 0.15) is 60.6 Å². The molecule has 0 bridgehead atoms. The molecule has 2 aromatic heterocycles. The molecule has 0 radical (unpaired) electrons. The number of piperidine rings is 1. The van der Waals surface area contributed by atoms with Crippen molar-refractivity contribution in [1.29, 1.82) is 0 Å². The number of carbonyl (C=O) groups excluding carboxylic acids is 2. The molecule has 1 aliphatic rings. The van der Waals surface area contributed by atoms with E-state index in [4.69, 9.17) is 9.26 Å². The van der Waals surface area contributed by atoms with E-state index < -0.39 is 0 Å². The van der Waals surface area contributed by atoms with E-state index in [1.165, 1.54) is 11.3 Å². The summed E-state index contributed by atoms with van der Waals surface area (Å²) in [6.07, 6.45) is 4.43. The molecule has 3 heterocycles. The minimum Gasteiger partial charge on any atom is -0.497 e. The molecule has 1 saturated heterocycles. The van der Waals surface area contributed by atoms with Crippen molar-refractivity contribution < 1.29 is 18.8 Å². The van der Waals surface area contributed by atoms with Gasteiger partial charge in [0.2, 0.25) is 17.6 Å². The number of likely N-dealkylation sites (tertiary alicyclic amines) is 1. The summed E-state index contributed by atoms with van der Waals surface area (Å²) < 4.78 is 10.9. The van der Waals surface area contributed by atoms with Crippen LogP contribution < -0.4 is 4.74 Å². The first kappa shape index (κ1) is 23.9. The summed E-state index contributed by atoms with van der Waals surface area (Å²) in [4.78, 5) is 35.2. The van der Waals surface area contributed by atoms with Gasteiger partial charge in [0, 0.05) is 18.7 Å². The predicted octanol–water partition coefficient (Wildman–Crippen LogP) is 4.80. The Morgan fingerprint density at radius 2 is 2.15 bits per heavy atom. The van der Waals surface area contributed by atoms with E-state index >= 15 is 0 Å². The minimum atomic E-state index is -0.294. The van der Waals surface area contributed by atoms with Gasteiger partial charge in [-0.25, -0.2) is 0 Å². The van der Waals surface area contributed by atoms with Crippen molar-refractivity contribution in [3.8, 4) is 17.1 Å². The molecule has 8 nitrogen and oxygen atoms in total. The Morgan fingerprint density at radius 1 is 1.26 bits per heavy atom. The summed E-state index contributed by atoms with van der Waals surface area (Å²) in [5.41, 5.74) is 0.787. The zero-order chi connectivity index (χ0) is 23.9. The van der Waals surface area contributed by atoms with Crippen LogP contribution in [0.2, 0.25) is 0 Å². The second kappa shape index (κ2) is 11.3. The van der Waals surface area contributed by atoms with Gasteiger partial charge in [0.1, 0.15) is 18.3 Å². The molecule has 4 rings (SSSR count). The fraction of sp³-hybridized carbons (Fsp3) is 0.440. The molecule has 1 aliphatic heterocycles. The molecule has 9 heteroatoms. The topological polar surface area (TPSA) is 88.8 Å². The van der Waals surface area contributed by atoms with Gasteiger partial charge in [-0.15, -0.1) is 11.3 Å². The van der Waals surface area contributed by atoms with Gasteiger partial charge >= 0.3 is 0 Å². The van der Waals surface area contributed by atoms with E-state index in [0.717, 1.165) is 37.7 Å². The standard InChI is InChI=1S/C25H30N4O4S/c1-3-4-13-28(25(31)21-12-8-15-34-21)17-22(30)29-14-6-5-11-20(29)24-26-23(27-33-24)18-9-7-10-19(16-18)32-2/h7-10,12,15-16,20H,3-6,11,13-14,17H2,1-2H3. The maximum absolute atomic E-state index is 13.4. The van der Waals surface area contributed by atoms with Gasteiger partial charge in [-0.05, 0) is 49.3 Å². The average molecular weight is 483 g/mol. The zero-order valence-electron chi connectivity index (χ0n) is 19.6. The van der Waals surface area contributed by atoms with Crippen LogP contribution in [0.15, 0.2) is 46.3 Å². The molecule has 0 saturated carbocycles. The van der Waals surface area contributed by atoms with E-state index in [1.54, 1.807) is 23.0 Å². The molecule has 0 aliphatic carbocycles. The minimum absolute atomic E-state index is 0.0457. The zero-order valence-corrected chi connectivity index (χ0v) is 20.4. The fourth-order valence-corrected chi connectivity index (χ4v) is 4.84. The average Bonchev–Trinajstić information content (AvgIpc) is 3.59. The normalized spacial score (nSPS) is 15.8. The Labute approximate surface area is 203 Å². The monoisotopic (exact) mass is 482 g/mol. The SMILES string of the molecule is CCCCN(CC(=O)N1CCCCC1c1nc(-c2cccc(OC)c2)no1)C(=O)c1cccs1. The Bertz CT molecular complexity index is 1100. The number of hydrogen-bond donors (Lipinski definition) is 0. The third kappa shape index (κ3) is 5.47. The number of benzene rings is 1. The number of ether oxygens (including phenoxy) is 1. The molecule has 1 atom stereocenters. The summed E-state index contributed by atoms with van der Waals surface area (Å²) in [5, 5.41) is 6.03. The highest BCUT2D eigenvalue weighted by atomic mass is 32.1. The van der Waals surface area contributed by atoms with Gasteiger partial charge in [0.05, 0.1) is 12.0 Å².